The second-order valence-corrected chi connectivity index (χ2v) is 4.85. The van der Waals surface area contributed by atoms with Crippen molar-refractivity contribution in [3.8, 4) is 0 Å². The van der Waals surface area contributed by atoms with Crippen molar-refractivity contribution < 1.29 is 9.53 Å². The molecule has 2 rings (SSSR count). The van der Waals surface area contributed by atoms with Gasteiger partial charge >= 0.3 is 5.97 Å². The zero-order valence-electron chi connectivity index (χ0n) is 12.6. The minimum atomic E-state index is -0.261. The largest absolute Gasteiger partial charge is 0.462 e. The first-order chi connectivity index (χ1) is 10.2. The summed E-state index contributed by atoms with van der Waals surface area (Å²) in [4.78, 5) is 11.7. The topological polar surface area (TPSA) is 43.3 Å². The number of aromatic nitrogens is 1. The van der Waals surface area contributed by atoms with Crippen LogP contribution in [0.1, 0.15) is 36.3 Å². The van der Waals surface area contributed by atoms with E-state index in [4.69, 9.17) is 4.74 Å². The number of carbonyl (C=O) groups is 1. The van der Waals surface area contributed by atoms with E-state index >= 15 is 0 Å². The maximum Gasteiger partial charge on any atom is 0.338 e. The predicted molar refractivity (Wildman–Crippen MR) is 84.4 cm³/mol. The van der Waals surface area contributed by atoms with Crippen molar-refractivity contribution >= 4 is 11.7 Å². The number of nitrogens with zero attached hydrogens (tertiary/aromatic N) is 1. The lowest BCUT2D eigenvalue weighted by Crippen LogP contribution is -2.07. The van der Waals surface area contributed by atoms with Crippen LogP contribution in [-0.4, -0.2) is 17.1 Å². The molecule has 2 aromatic rings. The SMILES string of the molecule is CCCOC(=O)c1ccc(NCc2cccn2CC)cc1. The first kappa shape index (κ1) is 15.2. The van der Waals surface area contributed by atoms with Crippen molar-refractivity contribution in [2.24, 2.45) is 0 Å². The van der Waals surface area contributed by atoms with Crippen LogP contribution in [0.3, 0.4) is 0 Å². The van der Waals surface area contributed by atoms with Crippen molar-refractivity contribution in [3.05, 3.63) is 53.9 Å². The van der Waals surface area contributed by atoms with Gasteiger partial charge in [-0.3, -0.25) is 0 Å². The van der Waals surface area contributed by atoms with Gasteiger partial charge in [-0.1, -0.05) is 6.92 Å². The highest BCUT2D eigenvalue weighted by Gasteiger charge is 2.06. The van der Waals surface area contributed by atoms with E-state index in [1.807, 2.05) is 25.1 Å². The summed E-state index contributed by atoms with van der Waals surface area (Å²) in [5, 5.41) is 3.36. The van der Waals surface area contributed by atoms with Gasteiger partial charge in [-0.15, -0.1) is 0 Å². The smallest absolute Gasteiger partial charge is 0.338 e. The van der Waals surface area contributed by atoms with Gasteiger partial charge in [-0.05, 0) is 49.7 Å². The van der Waals surface area contributed by atoms with Gasteiger partial charge in [0.25, 0.3) is 0 Å². The van der Waals surface area contributed by atoms with Gasteiger partial charge in [-0.25, -0.2) is 4.79 Å². The zero-order valence-corrected chi connectivity index (χ0v) is 12.6. The lowest BCUT2D eigenvalue weighted by atomic mass is 10.2. The minimum Gasteiger partial charge on any atom is -0.462 e. The Morgan fingerprint density at radius 3 is 2.62 bits per heavy atom. The molecule has 0 spiro atoms. The Morgan fingerprint density at radius 2 is 1.95 bits per heavy atom. The van der Waals surface area contributed by atoms with E-state index in [0.29, 0.717) is 12.2 Å². The molecular formula is C17H22N2O2. The molecule has 112 valence electrons. The molecule has 0 saturated heterocycles. The third-order valence-corrected chi connectivity index (χ3v) is 3.30. The molecule has 4 heteroatoms. The summed E-state index contributed by atoms with van der Waals surface area (Å²) in [6.07, 6.45) is 2.91. The zero-order chi connectivity index (χ0) is 15.1. The molecule has 1 aromatic heterocycles. The van der Waals surface area contributed by atoms with Crippen molar-refractivity contribution in [2.45, 2.75) is 33.4 Å². The monoisotopic (exact) mass is 286 g/mol. The first-order valence-corrected chi connectivity index (χ1v) is 7.39. The molecule has 0 bridgehead atoms. The molecule has 21 heavy (non-hydrogen) atoms. The maximum absolute atomic E-state index is 11.7. The Labute approximate surface area is 125 Å². The predicted octanol–water partition coefficient (Wildman–Crippen LogP) is 3.69. The van der Waals surface area contributed by atoms with Gasteiger partial charge in [0.2, 0.25) is 0 Å². The van der Waals surface area contributed by atoms with E-state index < -0.39 is 0 Å². The first-order valence-electron chi connectivity index (χ1n) is 7.39. The number of rotatable bonds is 7. The highest BCUT2D eigenvalue weighted by Crippen LogP contribution is 2.12. The lowest BCUT2D eigenvalue weighted by molar-refractivity contribution is 0.0505. The summed E-state index contributed by atoms with van der Waals surface area (Å²) < 4.78 is 7.30. The number of aryl methyl sites for hydroxylation is 1. The quantitative estimate of drug-likeness (QED) is 0.789. The van der Waals surface area contributed by atoms with Crippen LogP contribution in [0, 0.1) is 0 Å². The number of esters is 1. The van der Waals surface area contributed by atoms with Crippen LogP contribution < -0.4 is 5.32 Å². The molecule has 0 radical (unpaired) electrons. The van der Waals surface area contributed by atoms with E-state index in [1.54, 1.807) is 12.1 Å². The molecule has 0 saturated carbocycles. The van der Waals surface area contributed by atoms with Gasteiger partial charge in [0.15, 0.2) is 0 Å². The third kappa shape index (κ3) is 4.12. The Kier molecular flexibility index (Phi) is 5.43. The van der Waals surface area contributed by atoms with Crippen molar-refractivity contribution in [1.82, 2.24) is 4.57 Å². The Balaban J connectivity index is 1.92. The Hall–Kier alpha value is -2.23. The molecule has 0 atom stereocenters. The van der Waals surface area contributed by atoms with E-state index in [0.717, 1.165) is 25.2 Å². The number of carbonyl (C=O) groups excluding carboxylic acids is 1. The number of anilines is 1. The van der Waals surface area contributed by atoms with Gasteiger partial charge in [0.05, 0.1) is 18.7 Å². The van der Waals surface area contributed by atoms with Crippen molar-refractivity contribution in [2.75, 3.05) is 11.9 Å². The molecule has 0 aliphatic heterocycles. The van der Waals surface area contributed by atoms with Crippen LogP contribution in [0.4, 0.5) is 5.69 Å². The van der Waals surface area contributed by atoms with Crippen LogP contribution in [0.15, 0.2) is 42.6 Å². The molecule has 0 fully saturated rings. The average molecular weight is 286 g/mol. The van der Waals surface area contributed by atoms with Crippen LogP contribution in [-0.2, 0) is 17.8 Å². The molecule has 0 amide bonds. The van der Waals surface area contributed by atoms with Crippen molar-refractivity contribution in [3.63, 3.8) is 0 Å². The van der Waals surface area contributed by atoms with Gasteiger partial charge in [0, 0.05) is 24.1 Å². The van der Waals surface area contributed by atoms with Crippen LogP contribution in [0.5, 0.6) is 0 Å². The highest BCUT2D eigenvalue weighted by atomic mass is 16.5. The molecule has 1 heterocycles. The Bertz CT molecular complexity index is 573. The summed E-state index contributed by atoms with van der Waals surface area (Å²) in [6, 6.07) is 11.5. The molecule has 1 N–H and O–H groups in total. The number of ether oxygens (including phenoxy) is 1. The van der Waals surface area contributed by atoms with Crippen molar-refractivity contribution in [1.29, 1.82) is 0 Å². The molecular weight excluding hydrogens is 264 g/mol. The number of hydrogen-bond acceptors (Lipinski definition) is 3. The minimum absolute atomic E-state index is 0.261. The van der Waals surface area contributed by atoms with Gasteiger partial charge in [-0.2, -0.15) is 0 Å². The fourth-order valence-corrected chi connectivity index (χ4v) is 2.11. The molecule has 1 aromatic carbocycles. The fourth-order valence-electron chi connectivity index (χ4n) is 2.11. The normalized spacial score (nSPS) is 10.4. The van der Waals surface area contributed by atoms with E-state index in [2.05, 4.69) is 29.1 Å². The number of nitrogens with one attached hydrogen (secondary N) is 1. The standard InChI is InChI=1S/C17H22N2O2/c1-3-12-21-17(20)14-7-9-15(10-8-14)18-13-16-6-5-11-19(16)4-2/h5-11,18H,3-4,12-13H2,1-2H3. The van der Waals surface area contributed by atoms with Crippen LogP contribution >= 0.6 is 0 Å². The molecule has 0 unspecified atom stereocenters. The second kappa shape index (κ2) is 7.53. The fraction of sp³-hybridized carbons (Fsp3) is 0.353. The molecule has 0 aliphatic carbocycles. The van der Waals surface area contributed by atoms with Crippen LogP contribution in [0.2, 0.25) is 0 Å². The highest BCUT2D eigenvalue weighted by molar-refractivity contribution is 5.89. The molecule has 0 aliphatic rings. The summed E-state index contributed by atoms with van der Waals surface area (Å²) in [7, 11) is 0. The summed E-state index contributed by atoms with van der Waals surface area (Å²) in [5.74, 6) is -0.261. The second-order valence-electron chi connectivity index (χ2n) is 4.85. The third-order valence-electron chi connectivity index (χ3n) is 3.30. The summed E-state index contributed by atoms with van der Waals surface area (Å²) >= 11 is 0. The summed E-state index contributed by atoms with van der Waals surface area (Å²) in [6.45, 7) is 6.30. The number of hydrogen-bond donors (Lipinski definition) is 1. The van der Waals surface area contributed by atoms with Gasteiger partial charge in [0.1, 0.15) is 0 Å². The van der Waals surface area contributed by atoms with E-state index in [1.165, 1.54) is 5.69 Å². The van der Waals surface area contributed by atoms with E-state index in [9.17, 15) is 4.79 Å². The maximum atomic E-state index is 11.7. The molecule has 4 nitrogen and oxygen atoms in total. The number of benzene rings is 1. The lowest BCUT2D eigenvalue weighted by Gasteiger charge is -2.10. The van der Waals surface area contributed by atoms with Gasteiger partial charge < -0.3 is 14.6 Å². The Morgan fingerprint density at radius 1 is 1.19 bits per heavy atom. The van der Waals surface area contributed by atoms with Crippen LogP contribution in [0.25, 0.3) is 0 Å². The summed E-state index contributed by atoms with van der Waals surface area (Å²) in [5.41, 5.74) is 2.82. The van der Waals surface area contributed by atoms with E-state index in [-0.39, 0.29) is 5.97 Å². The average Bonchev–Trinajstić information content (AvgIpc) is 2.98.